The highest BCUT2D eigenvalue weighted by molar-refractivity contribution is 5.93. The van der Waals surface area contributed by atoms with Crippen molar-refractivity contribution in [2.75, 3.05) is 6.61 Å². The molecule has 0 radical (unpaired) electrons. The maximum atomic E-state index is 11.4. The summed E-state index contributed by atoms with van der Waals surface area (Å²) in [7, 11) is 0. The van der Waals surface area contributed by atoms with Crippen LogP contribution in [0.25, 0.3) is 0 Å². The van der Waals surface area contributed by atoms with E-state index >= 15 is 0 Å². The van der Waals surface area contributed by atoms with Gasteiger partial charge in [0, 0.05) is 0 Å². The molecule has 1 rings (SSSR count). The molecule has 2 atom stereocenters. The van der Waals surface area contributed by atoms with Gasteiger partial charge in [-0.05, 0) is 5.41 Å². The second kappa shape index (κ2) is 3.83. The first-order valence-corrected chi connectivity index (χ1v) is 4.72. The van der Waals surface area contributed by atoms with Crippen molar-refractivity contribution in [2.45, 2.75) is 33.0 Å². The van der Waals surface area contributed by atoms with E-state index < -0.39 is 30.2 Å². The van der Waals surface area contributed by atoms with E-state index in [0.29, 0.717) is 0 Å². The molecule has 1 heterocycles. The molecule has 0 bridgehead atoms. The summed E-state index contributed by atoms with van der Waals surface area (Å²) in [6, 6.07) is 0. The van der Waals surface area contributed by atoms with E-state index in [1.165, 1.54) is 0 Å². The SMILES string of the molecule is CC(C)(C)C1=C(O)C(C(O)CO)OC1=O. The van der Waals surface area contributed by atoms with Crippen LogP contribution in [0.1, 0.15) is 20.8 Å². The lowest BCUT2D eigenvalue weighted by atomic mass is 9.85. The van der Waals surface area contributed by atoms with E-state index in [1.807, 2.05) is 0 Å². The van der Waals surface area contributed by atoms with Gasteiger partial charge in [0.1, 0.15) is 11.9 Å². The molecular formula is C10H16O5. The number of carbonyl (C=O) groups excluding carboxylic acids is 1. The predicted octanol–water partition coefficient (Wildman–Crippen LogP) is 0.123. The van der Waals surface area contributed by atoms with Gasteiger partial charge < -0.3 is 20.1 Å². The molecule has 0 aromatic rings. The molecule has 0 saturated carbocycles. The van der Waals surface area contributed by atoms with Crippen LogP contribution in [0.3, 0.4) is 0 Å². The van der Waals surface area contributed by atoms with E-state index in [0.717, 1.165) is 0 Å². The molecule has 0 aromatic carbocycles. The van der Waals surface area contributed by atoms with Gasteiger partial charge >= 0.3 is 5.97 Å². The van der Waals surface area contributed by atoms with Crippen LogP contribution in [0.5, 0.6) is 0 Å². The Hall–Kier alpha value is -1.07. The Morgan fingerprint density at radius 3 is 2.33 bits per heavy atom. The number of rotatable bonds is 2. The van der Waals surface area contributed by atoms with Gasteiger partial charge in [0.05, 0.1) is 12.2 Å². The maximum Gasteiger partial charge on any atom is 0.338 e. The molecule has 1 aliphatic heterocycles. The van der Waals surface area contributed by atoms with Gasteiger partial charge in [0.25, 0.3) is 0 Å². The van der Waals surface area contributed by atoms with Crippen LogP contribution in [0.2, 0.25) is 0 Å². The van der Waals surface area contributed by atoms with Gasteiger partial charge in [0.15, 0.2) is 6.10 Å². The number of esters is 1. The molecule has 2 unspecified atom stereocenters. The van der Waals surface area contributed by atoms with Crippen molar-refractivity contribution in [1.29, 1.82) is 0 Å². The van der Waals surface area contributed by atoms with Gasteiger partial charge in [-0.15, -0.1) is 0 Å². The van der Waals surface area contributed by atoms with Crippen LogP contribution in [0.4, 0.5) is 0 Å². The topological polar surface area (TPSA) is 87.0 Å². The molecular weight excluding hydrogens is 200 g/mol. The molecule has 15 heavy (non-hydrogen) atoms. The van der Waals surface area contributed by atoms with Crippen LogP contribution >= 0.6 is 0 Å². The summed E-state index contributed by atoms with van der Waals surface area (Å²) in [6.45, 7) is 4.70. The first-order valence-electron chi connectivity index (χ1n) is 4.72. The number of ether oxygens (including phenoxy) is 1. The molecule has 86 valence electrons. The fraction of sp³-hybridized carbons (Fsp3) is 0.700. The van der Waals surface area contributed by atoms with E-state index in [9.17, 15) is 15.0 Å². The second-order valence-electron chi connectivity index (χ2n) is 4.59. The molecule has 0 amide bonds. The zero-order chi connectivity index (χ0) is 11.8. The predicted molar refractivity (Wildman–Crippen MR) is 52.1 cm³/mol. The summed E-state index contributed by atoms with van der Waals surface area (Å²) in [5.41, 5.74) is -0.398. The number of cyclic esters (lactones) is 1. The second-order valence-corrected chi connectivity index (χ2v) is 4.59. The van der Waals surface area contributed by atoms with Gasteiger partial charge in [0.2, 0.25) is 0 Å². The van der Waals surface area contributed by atoms with E-state index in [2.05, 4.69) is 0 Å². The van der Waals surface area contributed by atoms with Crippen LogP contribution in [0, 0.1) is 5.41 Å². The summed E-state index contributed by atoms with van der Waals surface area (Å²) in [4.78, 5) is 11.4. The fourth-order valence-electron chi connectivity index (χ4n) is 1.52. The number of carbonyl (C=O) groups is 1. The minimum atomic E-state index is -1.28. The lowest BCUT2D eigenvalue weighted by Crippen LogP contribution is -2.31. The third-order valence-electron chi connectivity index (χ3n) is 2.25. The third kappa shape index (κ3) is 2.13. The summed E-state index contributed by atoms with van der Waals surface area (Å²) in [6.07, 6.45) is -2.43. The monoisotopic (exact) mass is 216 g/mol. The molecule has 1 aliphatic rings. The Balaban J connectivity index is 3.04. The molecule has 3 N–H and O–H groups in total. The minimum Gasteiger partial charge on any atom is -0.508 e. The number of hydrogen-bond acceptors (Lipinski definition) is 5. The van der Waals surface area contributed by atoms with Crippen molar-refractivity contribution >= 4 is 5.97 Å². The number of hydrogen-bond donors (Lipinski definition) is 3. The smallest absolute Gasteiger partial charge is 0.338 e. The summed E-state index contributed by atoms with van der Waals surface area (Å²) in [5, 5.41) is 27.7. The fourth-order valence-corrected chi connectivity index (χ4v) is 1.52. The average molecular weight is 216 g/mol. The van der Waals surface area contributed by atoms with Gasteiger partial charge in [-0.2, -0.15) is 0 Å². The standard InChI is InChI=1S/C10H16O5/c1-10(2,3)6-7(13)8(5(12)4-11)15-9(6)14/h5,8,11-13H,4H2,1-3H3. The average Bonchev–Trinajstić information content (AvgIpc) is 2.39. The highest BCUT2D eigenvalue weighted by Crippen LogP contribution is 2.35. The zero-order valence-electron chi connectivity index (χ0n) is 9.02. The summed E-state index contributed by atoms with van der Waals surface area (Å²) >= 11 is 0. The Morgan fingerprint density at radius 2 is 2.00 bits per heavy atom. The van der Waals surface area contributed by atoms with Crippen LogP contribution in [0.15, 0.2) is 11.3 Å². The van der Waals surface area contributed by atoms with Crippen LogP contribution < -0.4 is 0 Å². The van der Waals surface area contributed by atoms with Crippen molar-refractivity contribution in [3.8, 4) is 0 Å². The quantitative estimate of drug-likeness (QED) is 0.571. The largest absolute Gasteiger partial charge is 0.508 e. The van der Waals surface area contributed by atoms with Crippen molar-refractivity contribution in [1.82, 2.24) is 0 Å². The van der Waals surface area contributed by atoms with Crippen molar-refractivity contribution in [2.24, 2.45) is 5.41 Å². The van der Waals surface area contributed by atoms with Crippen molar-refractivity contribution in [3.63, 3.8) is 0 Å². The van der Waals surface area contributed by atoms with E-state index in [-0.39, 0.29) is 11.3 Å². The number of aliphatic hydroxyl groups is 3. The summed E-state index contributed by atoms with van der Waals surface area (Å²) < 4.78 is 4.79. The van der Waals surface area contributed by atoms with Gasteiger partial charge in [-0.25, -0.2) is 4.79 Å². The molecule has 0 spiro atoms. The maximum absolute atomic E-state index is 11.4. The Kier molecular flexibility index (Phi) is 3.06. The van der Waals surface area contributed by atoms with Crippen LogP contribution in [-0.4, -0.2) is 40.1 Å². The molecule has 5 nitrogen and oxygen atoms in total. The Morgan fingerprint density at radius 1 is 1.47 bits per heavy atom. The lowest BCUT2D eigenvalue weighted by molar-refractivity contribution is -0.146. The van der Waals surface area contributed by atoms with Crippen LogP contribution in [-0.2, 0) is 9.53 Å². The van der Waals surface area contributed by atoms with Crippen molar-refractivity contribution in [3.05, 3.63) is 11.3 Å². The van der Waals surface area contributed by atoms with Gasteiger partial charge in [-0.3, -0.25) is 0 Å². The molecule has 0 saturated heterocycles. The highest BCUT2D eigenvalue weighted by Gasteiger charge is 2.43. The lowest BCUT2D eigenvalue weighted by Gasteiger charge is -2.17. The first kappa shape index (κ1) is 12.0. The molecule has 0 aliphatic carbocycles. The first-order chi connectivity index (χ1) is 6.79. The summed E-state index contributed by atoms with van der Waals surface area (Å²) in [5.74, 6) is -0.924. The molecule has 5 heteroatoms. The minimum absolute atomic E-state index is 0.153. The molecule has 0 aromatic heterocycles. The Labute approximate surface area is 88.0 Å². The third-order valence-corrected chi connectivity index (χ3v) is 2.25. The molecule has 0 fully saturated rings. The number of aliphatic hydroxyl groups excluding tert-OH is 3. The van der Waals surface area contributed by atoms with E-state index in [1.54, 1.807) is 20.8 Å². The van der Waals surface area contributed by atoms with Crippen molar-refractivity contribution < 1.29 is 24.9 Å². The van der Waals surface area contributed by atoms with E-state index in [4.69, 9.17) is 9.84 Å². The normalized spacial score (nSPS) is 24.3. The highest BCUT2D eigenvalue weighted by atomic mass is 16.6. The zero-order valence-corrected chi connectivity index (χ0v) is 9.02. The Bertz CT molecular complexity index is 299. The van der Waals surface area contributed by atoms with Gasteiger partial charge in [-0.1, -0.05) is 20.8 Å².